The van der Waals surface area contributed by atoms with Gasteiger partial charge in [-0.25, -0.2) is 0 Å². The molecule has 3 aliphatic carbocycles. The van der Waals surface area contributed by atoms with Crippen LogP contribution in [0.5, 0.6) is 0 Å². The van der Waals surface area contributed by atoms with Gasteiger partial charge in [-0.15, -0.1) is 0 Å². The standard InChI is InChI=1S/C20H28O/c1-12-4-5-13(2)19-14(12)6-7-15-16(19)10-11-20(3)17(15)8-9-18(20)21/h4-5,15-18,21H,6-11H2,1-3H3/t15-,16+,17+,18+,20+/m1/s1. The minimum atomic E-state index is -0.0524. The van der Waals surface area contributed by atoms with Crippen LogP contribution < -0.4 is 0 Å². The van der Waals surface area contributed by atoms with E-state index in [-0.39, 0.29) is 11.5 Å². The zero-order valence-electron chi connectivity index (χ0n) is 13.7. The molecule has 5 atom stereocenters. The highest BCUT2D eigenvalue weighted by molar-refractivity contribution is 5.45. The van der Waals surface area contributed by atoms with E-state index in [1.807, 2.05) is 0 Å². The third-order valence-electron chi connectivity index (χ3n) is 7.29. The molecule has 1 heteroatoms. The van der Waals surface area contributed by atoms with Gasteiger partial charge >= 0.3 is 0 Å². The third-order valence-corrected chi connectivity index (χ3v) is 7.29. The van der Waals surface area contributed by atoms with Crippen molar-refractivity contribution in [3.05, 3.63) is 34.4 Å². The van der Waals surface area contributed by atoms with Crippen LogP contribution in [0.4, 0.5) is 0 Å². The fraction of sp³-hybridized carbons (Fsp3) is 0.700. The van der Waals surface area contributed by atoms with Gasteiger partial charge < -0.3 is 5.11 Å². The lowest BCUT2D eigenvalue weighted by molar-refractivity contribution is -0.0227. The number of aliphatic hydroxyl groups excluding tert-OH is 1. The van der Waals surface area contributed by atoms with E-state index in [9.17, 15) is 5.11 Å². The molecule has 1 N–H and O–H groups in total. The van der Waals surface area contributed by atoms with Crippen molar-refractivity contribution in [2.45, 2.75) is 71.3 Å². The zero-order valence-corrected chi connectivity index (χ0v) is 13.7. The summed E-state index contributed by atoms with van der Waals surface area (Å²) in [4.78, 5) is 0. The Morgan fingerprint density at radius 3 is 2.62 bits per heavy atom. The second-order valence-corrected chi connectivity index (χ2v) is 8.14. The smallest absolute Gasteiger partial charge is 0.0596 e. The van der Waals surface area contributed by atoms with Crippen LogP contribution >= 0.6 is 0 Å². The molecule has 0 amide bonds. The molecular weight excluding hydrogens is 256 g/mol. The van der Waals surface area contributed by atoms with Gasteiger partial charge in [-0.1, -0.05) is 19.1 Å². The van der Waals surface area contributed by atoms with E-state index in [1.54, 1.807) is 11.1 Å². The van der Waals surface area contributed by atoms with Crippen LogP contribution in [-0.4, -0.2) is 11.2 Å². The Bertz CT molecular complexity index is 575. The van der Waals surface area contributed by atoms with Crippen molar-refractivity contribution in [1.82, 2.24) is 0 Å². The van der Waals surface area contributed by atoms with E-state index in [0.29, 0.717) is 0 Å². The van der Waals surface area contributed by atoms with E-state index in [0.717, 1.165) is 24.2 Å². The van der Waals surface area contributed by atoms with E-state index >= 15 is 0 Å². The van der Waals surface area contributed by atoms with Crippen LogP contribution in [0.3, 0.4) is 0 Å². The minimum Gasteiger partial charge on any atom is -0.393 e. The number of hydrogen-bond acceptors (Lipinski definition) is 1. The molecule has 21 heavy (non-hydrogen) atoms. The van der Waals surface area contributed by atoms with Crippen LogP contribution in [0.1, 0.15) is 67.2 Å². The highest BCUT2D eigenvalue weighted by atomic mass is 16.3. The van der Waals surface area contributed by atoms with Crippen LogP contribution in [0.15, 0.2) is 12.1 Å². The molecule has 0 bridgehead atoms. The maximum Gasteiger partial charge on any atom is 0.0596 e. The summed E-state index contributed by atoms with van der Waals surface area (Å²) >= 11 is 0. The molecule has 1 aromatic rings. The Balaban J connectivity index is 1.77. The van der Waals surface area contributed by atoms with Gasteiger partial charge in [0.15, 0.2) is 0 Å². The number of aliphatic hydroxyl groups is 1. The van der Waals surface area contributed by atoms with Crippen LogP contribution in [0, 0.1) is 31.1 Å². The summed E-state index contributed by atoms with van der Waals surface area (Å²) in [5.74, 6) is 2.32. The van der Waals surface area contributed by atoms with Gasteiger partial charge in [0, 0.05) is 0 Å². The number of hydrogen-bond donors (Lipinski definition) is 1. The number of fused-ring (bicyclic) bond motifs is 5. The summed E-state index contributed by atoms with van der Waals surface area (Å²) in [6.45, 7) is 6.95. The van der Waals surface area contributed by atoms with Crippen molar-refractivity contribution in [3.8, 4) is 0 Å². The Hall–Kier alpha value is -0.820. The first-order valence-corrected chi connectivity index (χ1v) is 8.79. The summed E-state index contributed by atoms with van der Waals surface area (Å²) in [5.41, 5.74) is 6.55. The van der Waals surface area contributed by atoms with Crippen molar-refractivity contribution < 1.29 is 5.11 Å². The van der Waals surface area contributed by atoms with Gasteiger partial charge in [0.05, 0.1) is 6.10 Å². The molecule has 0 saturated heterocycles. The average molecular weight is 284 g/mol. The predicted octanol–water partition coefficient (Wildman–Crippen LogP) is 4.52. The van der Waals surface area contributed by atoms with Crippen LogP contribution in [0.25, 0.3) is 0 Å². The summed E-state index contributed by atoms with van der Waals surface area (Å²) in [6.07, 6.45) is 7.33. The molecule has 0 aromatic heterocycles. The van der Waals surface area contributed by atoms with Gasteiger partial charge in [0.2, 0.25) is 0 Å². The second-order valence-electron chi connectivity index (χ2n) is 8.14. The van der Waals surface area contributed by atoms with Crippen molar-refractivity contribution in [2.75, 3.05) is 0 Å². The maximum atomic E-state index is 10.5. The Kier molecular flexibility index (Phi) is 3.02. The molecule has 1 nitrogen and oxygen atoms in total. The number of rotatable bonds is 0. The monoisotopic (exact) mass is 284 g/mol. The van der Waals surface area contributed by atoms with Crippen molar-refractivity contribution >= 4 is 0 Å². The molecular formula is C20H28O. The predicted molar refractivity (Wildman–Crippen MR) is 86.5 cm³/mol. The minimum absolute atomic E-state index is 0.0524. The molecule has 4 rings (SSSR count). The molecule has 2 fully saturated rings. The molecule has 3 aliphatic rings. The number of aryl methyl sites for hydroxylation is 2. The van der Waals surface area contributed by atoms with Gasteiger partial charge in [0.25, 0.3) is 0 Å². The van der Waals surface area contributed by atoms with Gasteiger partial charge in [0.1, 0.15) is 0 Å². The molecule has 0 unspecified atom stereocenters. The Morgan fingerprint density at radius 2 is 1.81 bits per heavy atom. The van der Waals surface area contributed by atoms with Gasteiger partial charge in [-0.2, -0.15) is 0 Å². The highest BCUT2D eigenvalue weighted by Gasteiger charge is 2.54. The van der Waals surface area contributed by atoms with E-state index in [4.69, 9.17) is 0 Å². The largest absolute Gasteiger partial charge is 0.393 e. The van der Waals surface area contributed by atoms with Crippen molar-refractivity contribution in [3.63, 3.8) is 0 Å². The quantitative estimate of drug-likeness (QED) is 0.742. The summed E-state index contributed by atoms with van der Waals surface area (Å²) in [5, 5.41) is 10.5. The van der Waals surface area contributed by atoms with Crippen LogP contribution in [-0.2, 0) is 6.42 Å². The zero-order chi connectivity index (χ0) is 14.8. The normalized spacial score (nSPS) is 41.3. The molecule has 0 spiro atoms. The fourth-order valence-electron chi connectivity index (χ4n) is 6.07. The highest BCUT2D eigenvalue weighted by Crippen LogP contribution is 2.61. The van der Waals surface area contributed by atoms with E-state index < -0.39 is 0 Å². The number of benzene rings is 1. The first-order chi connectivity index (χ1) is 10.0. The molecule has 0 aliphatic heterocycles. The van der Waals surface area contributed by atoms with Gasteiger partial charge in [-0.05, 0) is 97.8 Å². The van der Waals surface area contributed by atoms with Gasteiger partial charge in [-0.3, -0.25) is 0 Å². The molecule has 1 aromatic carbocycles. The topological polar surface area (TPSA) is 20.2 Å². The lowest BCUT2D eigenvalue weighted by Gasteiger charge is -2.50. The molecule has 0 heterocycles. The average Bonchev–Trinajstić information content (AvgIpc) is 2.78. The first-order valence-electron chi connectivity index (χ1n) is 8.79. The third kappa shape index (κ3) is 1.79. The first kappa shape index (κ1) is 13.8. The maximum absolute atomic E-state index is 10.5. The fourth-order valence-corrected chi connectivity index (χ4v) is 6.07. The molecule has 0 radical (unpaired) electrons. The Labute approximate surface area is 128 Å². The molecule has 2 saturated carbocycles. The SMILES string of the molecule is Cc1ccc(C)c2c1CC[C@@H]1[C@@H]2CC[C@]2(C)[C@@H](O)CC[C@@H]12. The van der Waals surface area contributed by atoms with E-state index in [2.05, 4.69) is 32.9 Å². The lowest BCUT2D eigenvalue weighted by atomic mass is 9.55. The van der Waals surface area contributed by atoms with Crippen molar-refractivity contribution in [2.24, 2.45) is 17.3 Å². The van der Waals surface area contributed by atoms with Crippen LogP contribution in [0.2, 0.25) is 0 Å². The summed E-state index contributed by atoms with van der Waals surface area (Å²) in [6, 6.07) is 4.63. The second kappa shape index (κ2) is 4.59. The summed E-state index contributed by atoms with van der Waals surface area (Å²) in [7, 11) is 0. The lowest BCUT2D eigenvalue weighted by Crippen LogP contribution is -2.44. The summed E-state index contributed by atoms with van der Waals surface area (Å²) < 4.78 is 0. The van der Waals surface area contributed by atoms with E-state index in [1.165, 1.54) is 43.2 Å². The molecule has 114 valence electrons. The Morgan fingerprint density at radius 1 is 1.05 bits per heavy atom. The van der Waals surface area contributed by atoms with Crippen molar-refractivity contribution in [1.29, 1.82) is 0 Å².